The molecule has 2 aliphatic rings. The third-order valence-corrected chi connectivity index (χ3v) is 5.28. The lowest BCUT2D eigenvalue weighted by atomic mass is 9.81. The summed E-state index contributed by atoms with van der Waals surface area (Å²) >= 11 is 0. The number of methoxy groups -OCH3 is 1. The van der Waals surface area contributed by atoms with Crippen molar-refractivity contribution in [2.24, 2.45) is 11.8 Å². The van der Waals surface area contributed by atoms with Crippen molar-refractivity contribution in [3.05, 3.63) is 0 Å². The summed E-state index contributed by atoms with van der Waals surface area (Å²) in [5, 5.41) is 3.85. The molecule has 0 aromatic heterocycles. The van der Waals surface area contributed by atoms with Crippen molar-refractivity contribution in [2.45, 2.75) is 83.2 Å². The molecule has 0 saturated heterocycles. The monoisotopic (exact) mass is 281 g/mol. The zero-order valence-corrected chi connectivity index (χ0v) is 13.2. The maximum atomic E-state index is 11.5. The van der Waals surface area contributed by atoms with Gasteiger partial charge in [-0.15, -0.1) is 0 Å². The summed E-state index contributed by atoms with van der Waals surface area (Å²) in [6, 6.07) is 1.35. The molecular weight excluding hydrogens is 250 g/mol. The second kappa shape index (κ2) is 8.02. The highest BCUT2D eigenvalue weighted by molar-refractivity contribution is 5.72. The zero-order valence-electron chi connectivity index (χ0n) is 13.2. The van der Waals surface area contributed by atoms with Gasteiger partial charge in [0.25, 0.3) is 0 Å². The topological polar surface area (TPSA) is 38.3 Å². The average Bonchev–Trinajstić information content (AvgIpc) is 2.49. The van der Waals surface area contributed by atoms with E-state index in [0.29, 0.717) is 6.04 Å². The van der Waals surface area contributed by atoms with Crippen LogP contribution in [0.15, 0.2) is 0 Å². The Kier molecular flexibility index (Phi) is 6.34. The fourth-order valence-electron chi connectivity index (χ4n) is 4.02. The van der Waals surface area contributed by atoms with E-state index in [1.807, 2.05) is 0 Å². The second-order valence-corrected chi connectivity index (χ2v) is 6.74. The molecule has 3 heteroatoms. The van der Waals surface area contributed by atoms with Gasteiger partial charge < -0.3 is 10.1 Å². The number of ether oxygens (including phenoxy) is 1. The first-order valence-corrected chi connectivity index (χ1v) is 8.56. The van der Waals surface area contributed by atoms with Crippen molar-refractivity contribution in [3.8, 4) is 0 Å². The van der Waals surface area contributed by atoms with Crippen LogP contribution < -0.4 is 5.32 Å². The first-order chi connectivity index (χ1) is 9.72. The lowest BCUT2D eigenvalue weighted by Crippen LogP contribution is -2.43. The first-order valence-electron chi connectivity index (χ1n) is 8.56. The van der Waals surface area contributed by atoms with Crippen molar-refractivity contribution in [1.29, 1.82) is 0 Å². The van der Waals surface area contributed by atoms with Gasteiger partial charge in [0, 0.05) is 12.1 Å². The van der Waals surface area contributed by atoms with E-state index in [9.17, 15) is 4.79 Å². The number of nitrogens with one attached hydrogen (secondary N) is 1. The minimum Gasteiger partial charge on any atom is -0.469 e. The molecule has 2 aliphatic carbocycles. The van der Waals surface area contributed by atoms with E-state index in [0.717, 1.165) is 37.6 Å². The fourth-order valence-corrected chi connectivity index (χ4v) is 4.02. The molecule has 0 heterocycles. The number of esters is 1. The predicted octanol–water partition coefficient (Wildman–Crippen LogP) is 3.67. The highest BCUT2D eigenvalue weighted by Crippen LogP contribution is 2.30. The summed E-state index contributed by atoms with van der Waals surface area (Å²) in [4.78, 5) is 11.5. The largest absolute Gasteiger partial charge is 0.469 e. The number of carbonyl (C=O) groups excluding carboxylic acids is 1. The predicted molar refractivity (Wildman–Crippen MR) is 81.6 cm³/mol. The first kappa shape index (κ1) is 15.8. The van der Waals surface area contributed by atoms with Crippen LogP contribution in [-0.4, -0.2) is 25.2 Å². The van der Waals surface area contributed by atoms with Crippen molar-refractivity contribution < 1.29 is 9.53 Å². The summed E-state index contributed by atoms with van der Waals surface area (Å²) in [5.74, 6) is 1.12. The normalized spacial score (nSPS) is 34.7. The van der Waals surface area contributed by atoms with E-state index in [1.54, 1.807) is 0 Å². The summed E-state index contributed by atoms with van der Waals surface area (Å²) in [6.07, 6.45) is 12.5. The van der Waals surface area contributed by atoms with Crippen LogP contribution in [0.25, 0.3) is 0 Å². The maximum Gasteiger partial charge on any atom is 0.308 e. The van der Waals surface area contributed by atoms with E-state index < -0.39 is 0 Å². The van der Waals surface area contributed by atoms with Gasteiger partial charge in [0.2, 0.25) is 0 Å². The highest BCUT2D eigenvalue weighted by Gasteiger charge is 2.29. The summed E-state index contributed by atoms with van der Waals surface area (Å²) in [7, 11) is 1.50. The van der Waals surface area contributed by atoms with Gasteiger partial charge in [0.05, 0.1) is 13.0 Å². The lowest BCUT2D eigenvalue weighted by Gasteiger charge is -2.35. The van der Waals surface area contributed by atoms with Crippen LogP contribution in [0.4, 0.5) is 0 Å². The molecule has 116 valence electrons. The number of carbonyl (C=O) groups is 1. The van der Waals surface area contributed by atoms with Crippen molar-refractivity contribution in [2.75, 3.05) is 7.11 Å². The Hall–Kier alpha value is -0.570. The van der Waals surface area contributed by atoms with E-state index >= 15 is 0 Å². The standard InChI is InChI=1S/C17H31NO2/c1-3-4-13-5-9-15(10-6-13)18-16-11-7-14(8-12-16)17(19)20-2/h13-16,18H,3-12H2,1-2H3. The van der Waals surface area contributed by atoms with Crippen LogP contribution in [0.3, 0.4) is 0 Å². The Morgan fingerprint density at radius 3 is 2.05 bits per heavy atom. The maximum absolute atomic E-state index is 11.5. The van der Waals surface area contributed by atoms with Gasteiger partial charge in [-0.1, -0.05) is 19.8 Å². The molecule has 2 fully saturated rings. The molecule has 0 aromatic carbocycles. The Morgan fingerprint density at radius 2 is 1.55 bits per heavy atom. The van der Waals surface area contributed by atoms with E-state index in [1.165, 1.54) is 45.6 Å². The molecule has 3 nitrogen and oxygen atoms in total. The third kappa shape index (κ3) is 4.47. The van der Waals surface area contributed by atoms with Crippen LogP contribution in [0.2, 0.25) is 0 Å². The zero-order chi connectivity index (χ0) is 14.4. The molecule has 0 atom stereocenters. The van der Waals surface area contributed by atoms with Gasteiger partial charge >= 0.3 is 5.97 Å². The summed E-state index contributed by atoms with van der Waals surface area (Å²) < 4.78 is 4.85. The molecule has 0 bridgehead atoms. The molecule has 2 saturated carbocycles. The SMILES string of the molecule is CCCC1CCC(NC2CCC(C(=O)OC)CC2)CC1. The third-order valence-electron chi connectivity index (χ3n) is 5.28. The molecule has 0 unspecified atom stereocenters. The average molecular weight is 281 g/mol. The molecule has 0 spiro atoms. The van der Waals surface area contributed by atoms with Gasteiger partial charge in [0.1, 0.15) is 0 Å². The number of hydrogen-bond donors (Lipinski definition) is 1. The molecule has 0 radical (unpaired) electrons. The number of rotatable bonds is 5. The Balaban J connectivity index is 1.65. The molecule has 0 aromatic rings. The number of hydrogen-bond acceptors (Lipinski definition) is 3. The molecule has 2 rings (SSSR count). The Labute approximate surface area is 123 Å². The highest BCUT2D eigenvalue weighted by atomic mass is 16.5. The Morgan fingerprint density at radius 1 is 1.00 bits per heavy atom. The molecule has 0 amide bonds. The molecule has 20 heavy (non-hydrogen) atoms. The van der Waals surface area contributed by atoms with E-state index in [2.05, 4.69) is 12.2 Å². The van der Waals surface area contributed by atoms with Gasteiger partial charge in [-0.2, -0.15) is 0 Å². The van der Waals surface area contributed by atoms with Gasteiger partial charge in [-0.25, -0.2) is 0 Å². The van der Waals surface area contributed by atoms with Crippen LogP contribution >= 0.6 is 0 Å². The summed E-state index contributed by atoms with van der Waals surface area (Å²) in [5.41, 5.74) is 0. The Bertz CT molecular complexity index is 289. The van der Waals surface area contributed by atoms with Crippen molar-refractivity contribution >= 4 is 5.97 Å². The van der Waals surface area contributed by atoms with Gasteiger partial charge in [0.15, 0.2) is 0 Å². The van der Waals surface area contributed by atoms with Crippen molar-refractivity contribution in [3.63, 3.8) is 0 Å². The fraction of sp³-hybridized carbons (Fsp3) is 0.941. The summed E-state index contributed by atoms with van der Waals surface area (Å²) in [6.45, 7) is 2.30. The van der Waals surface area contributed by atoms with Crippen molar-refractivity contribution in [1.82, 2.24) is 5.32 Å². The van der Waals surface area contributed by atoms with Crippen LogP contribution in [0.5, 0.6) is 0 Å². The smallest absolute Gasteiger partial charge is 0.308 e. The van der Waals surface area contributed by atoms with Crippen LogP contribution in [-0.2, 0) is 9.53 Å². The van der Waals surface area contributed by atoms with Gasteiger partial charge in [-0.05, 0) is 57.3 Å². The minimum absolute atomic E-state index is 0.0106. The van der Waals surface area contributed by atoms with E-state index in [4.69, 9.17) is 4.74 Å². The van der Waals surface area contributed by atoms with E-state index in [-0.39, 0.29) is 11.9 Å². The van der Waals surface area contributed by atoms with Crippen LogP contribution in [0, 0.1) is 11.8 Å². The second-order valence-electron chi connectivity index (χ2n) is 6.74. The lowest BCUT2D eigenvalue weighted by molar-refractivity contribution is -0.146. The van der Waals surface area contributed by atoms with Gasteiger partial charge in [-0.3, -0.25) is 4.79 Å². The molecular formula is C17H31NO2. The van der Waals surface area contributed by atoms with Crippen LogP contribution in [0.1, 0.15) is 71.1 Å². The molecule has 0 aliphatic heterocycles. The minimum atomic E-state index is -0.0106. The molecule has 1 N–H and O–H groups in total. The quantitative estimate of drug-likeness (QED) is 0.781.